The summed E-state index contributed by atoms with van der Waals surface area (Å²) in [5.74, 6) is -1.03. The first kappa shape index (κ1) is 35.2. The molecule has 1 aromatic carbocycles. The number of alkyl carbamates (subject to hydrolysis) is 1. The Morgan fingerprint density at radius 2 is 1.89 bits per heavy atom. The molecule has 3 N–H and O–H groups in total. The van der Waals surface area contributed by atoms with Gasteiger partial charge in [0.05, 0.1) is 25.4 Å². The Kier molecular flexibility index (Phi) is 11.3. The topological polar surface area (TPSA) is 135 Å². The number of para-hydroxylation sites is 1. The second kappa shape index (κ2) is 14.8. The lowest BCUT2D eigenvalue weighted by atomic mass is 9.99. The van der Waals surface area contributed by atoms with Gasteiger partial charge >= 0.3 is 12.1 Å². The number of esters is 1. The molecule has 6 atom stereocenters. The fourth-order valence-corrected chi connectivity index (χ4v) is 6.76. The van der Waals surface area contributed by atoms with E-state index in [0.717, 1.165) is 24.2 Å². The van der Waals surface area contributed by atoms with Crippen LogP contribution in [0.3, 0.4) is 0 Å². The molecule has 0 aromatic heterocycles. The van der Waals surface area contributed by atoms with Crippen LogP contribution in [0.4, 0.5) is 10.5 Å². The average Bonchev–Trinajstić information content (AvgIpc) is 3.54. The normalized spacial score (nSPS) is 26.8. The van der Waals surface area contributed by atoms with Crippen molar-refractivity contribution in [3.8, 4) is 0 Å². The van der Waals surface area contributed by atoms with Crippen molar-refractivity contribution in [3.05, 3.63) is 55.1 Å². The van der Waals surface area contributed by atoms with Crippen molar-refractivity contribution in [1.29, 1.82) is 0 Å². The Morgan fingerprint density at radius 1 is 1.15 bits per heavy atom. The van der Waals surface area contributed by atoms with Crippen LogP contribution in [0.15, 0.2) is 49.6 Å². The SMILES string of the molecule is C=CCCC[C@@](C=O)(NC(=O)OC(C)(C)C)N1C[C@H](OC2CCNc3ccccc32)C[C@H]1C(=O)N[C@]1(C(=O)OC)C[C@H]1CCC=C. The number of carbonyl (C=O) groups is 4. The third kappa shape index (κ3) is 7.98. The molecule has 252 valence electrons. The number of methoxy groups -OCH3 is 1. The second-order valence-corrected chi connectivity index (χ2v) is 13.5. The summed E-state index contributed by atoms with van der Waals surface area (Å²) < 4.78 is 17.4. The van der Waals surface area contributed by atoms with Crippen molar-refractivity contribution in [2.45, 2.75) is 107 Å². The van der Waals surface area contributed by atoms with E-state index < -0.39 is 46.9 Å². The second-order valence-electron chi connectivity index (χ2n) is 13.5. The van der Waals surface area contributed by atoms with E-state index in [9.17, 15) is 19.2 Å². The number of amides is 2. The Morgan fingerprint density at radius 3 is 2.57 bits per heavy atom. The molecule has 11 heteroatoms. The number of nitrogens with zero attached hydrogens (tertiary/aromatic N) is 1. The van der Waals surface area contributed by atoms with Gasteiger partial charge in [-0.3, -0.25) is 19.8 Å². The van der Waals surface area contributed by atoms with Crippen LogP contribution in [0.5, 0.6) is 0 Å². The molecule has 1 saturated carbocycles. The number of allylic oxidation sites excluding steroid dienone is 2. The molecule has 4 rings (SSSR count). The standard InChI is InChI=1S/C35H50N4O7/c1-7-9-13-18-34(23-40,38-32(43)46-33(3,4)5)39-22-25(45-29-17-19-36-27-16-12-11-15-26(27)29)20-28(39)30(41)37-35(31(42)44-6)21-24(35)14-10-8-2/h7-8,11-12,15-16,23-25,28-29,36H,1-2,9-10,13-14,17-22H2,3-6H3,(H,37,41)(H,38,43)/t24-,25-,28+,29?,34-,35-/m1/s1. The maximum absolute atomic E-state index is 14.3. The molecule has 1 aliphatic carbocycles. The van der Waals surface area contributed by atoms with Gasteiger partial charge in [0.15, 0.2) is 11.9 Å². The van der Waals surface area contributed by atoms with Crippen LogP contribution in [-0.4, -0.2) is 78.3 Å². The first-order valence-electron chi connectivity index (χ1n) is 16.3. The smallest absolute Gasteiger partial charge is 0.409 e. The van der Waals surface area contributed by atoms with Crippen LogP contribution in [0.25, 0.3) is 0 Å². The Hall–Kier alpha value is -3.70. The molecule has 0 bridgehead atoms. The number of anilines is 1. The number of rotatable bonds is 15. The first-order valence-corrected chi connectivity index (χ1v) is 16.3. The van der Waals surface area contributed by atoms with Gasteiger partial charge in [0.2, 0.25) is 5.91 Å². The minimum atomic E-state index is -1.58. The van der Waals surface area contributed by atoms with E-state index in [2.05, 4.69) is 29.1 Å². The van der Waals surface area contributed by atoms with E-state index in [-0.39, 0.29) is 31.4 Å². The summed E-state index contributed by atoms with van der Waals surface area (Å²) in [6.07, 6.45) is 6.90. The van der Waals surface area contributed by atoms with Gasteiger partial charge in [0.25, 0.3) is 0 Å². The van der Waals surface area contributed by atoms with Gasteiger partial charge in [-0.15, -0.1) is 13.2 Å². The Balaban J connectivity index is 1.67. The lowest BCUT2D eigenvalue weighted by molar-refractivity contribution is -0.148. The Bertz CT molecular complexity index is 1300. The van der Waals surface area contributed by atoms with Gasteiger partial charge in [0.1, 0.15) is 11.1 Å². The number of nitrogens with one attached hydrogen (secondary N) is 3. The lowest BCUT2D eigenvalue weighted by Crippen LogP contribution is -2.66. The van der Waals surface area contributed by atoms with Crippen LogP contribution in [0.2, 0.25) is 0 Å². The quantitative estimate of drug-likeness (QED) is 0.107. The van der Waals surface area contributed by atoms with Crippen LogP contribution in [0.1, 0.15) is 83.8 Å². The van der Waals surface area contributed by atoms with Crippen molar-refractivity contribution in [2.75, 3.05) is 25.5 Å². The van der Waals surface area contributed by atoms with Crippen molar-refractivity contribution >= 4 is 29.9 Å². The zero-order valence-electron chi connectivity index (χ0n) is 27.6. The van der Waals surface area contributed by atoms with E-state index in [4.69, 9.17) is 14.2 Å². The fraction of sp³-hybridized carbons (Fsp3) is 0.600. The molecular formula is C35H50N4O7. The van der Waals surface area contributed by atoms with Crippen molar-refractivity contribution in [1.82, 2.24) is 15.5 Å². The summed E-state index contributed by atoms with van der Waals surface area (Å²) in [5, 5.41) is 9.24. The predicted molar refractivity (Wildman–Crippen MR) is 175 cm³/mol. The number of fused-ring (bicyclic) bond motifs is 1. The number of aldehydes is 1. The van der Waals surface area contributed by atoms with Gasteiger partial charge in [-0.2, -0.15) is 0 Å². The number of hydrogen-bond acceptors (Lipinski definition) is 9. The minimum Gasteiger partial charge on any atom is -0.467 e. The Labute approximate surface area is 272 Å². The largest absolute Gasteiger partial charge is 0.467 e. The zero-order chi connectivity index (χ0) is 33.5. The summed E-state index contributed by atoms with van der Waals surface area (Å²) in [6.45, 7) is 13.7. The monoisotopic (exact) mass is 638 g/mol. The number of benzene rings is 1. The van der Waals surface area contributed by atoms with Crippen molar-refractivity contribution < 1.29 is 33.4 Å². The van der Waals surface area contributed by atoms with Gasteiger partial charge in [-0.1, -0.05) is 30.4 Å². The molecule has 46 heavy (non-hydrogen) atoms. The molecule has 2 amide bonds. The van der Waals surface area contributed by atoms with Gasteiger partial charge in [-0.25, -0.2) is 9.59 Å². The van der Waals surface area contributed by atoms with Crippen LogP contribution >= 0.6 is 0 Å². The molecule has 11 nitrogen and oxygen atoms in total. The maximum atomic E-state index is 14.3. The molecule has 0 radical (unpaired) electrons. The number of ether oxygens (including phenoxy) is 3. The predicted octanol–water partition coefficient (Wildman–Crippen LogP) is 4.79. The number of likely N-dealkylation sites (tertiary alicyclic amines) is 1. The molecular weight excluding hydrogens is 588 g/mol. The summed E-state index contributed by atoms with van der Waals surface area (Å²) in [4.78, 5) is 55.3. The van der Waals surface area contributed by atoms with E-state index in [0.29, 0.717) is 38.4 Å². The van der Waals surface area contributed by atoms with Gasteiger partial charge in [-0.05, 0) is 84.1 Å². The summed E-state index contributed by atoms with van der Waals surface area (Å²) in [6, 6.07) is 7.07. The molecule has 2 heterocycles. The zero-order valence-corrected chi connectivity index (χ0v) is 27.6. The van der Waals surface area contributed by atoms with E-state index in [1.165, 1.54) is 7.11 Å². The first-order chi connectivity index (χ1) is 21.9. The molecule has 1 aromatic rings. The minimum absolute atomic E-state index is 0.0988. The number of hydrogen-bond donors (Lipinski definition) is 3. The summed E-state index contributed by atoms with van der Waals surface area (Å²) in [5.41, 5.74) is -1.52. The average molecular weight is 639 g/mol. The molecule has 1 unspecified atom stereocenters. The summed E-state index contributed by atoms with van der Waals surface area (Å²) >= 11 is 0. The highest BCUT2D eigenvalue weighted by Gasteiger charge is 2.63. The van der Waals surface area contributed by atoms with Crippen molar-refractivity contribution in [2.24, 2.45) is 5.92 Å². The highest BCUT2D eigenvalue weighted by Crippen LogP contribution is 2.48. The molecule has 3 aliphatic rings. The fourth-order valence-electron chi connectivity index (χ4n) is 6.76. The highest BCUT2D eigenvalue weighted by atomic mass is 16.6. The van der Waals surface area contributed by atoms with Crippen LogP contribution < -0.4 is 16.0 Å². The number of unbranched alkanes of at least 4 members (excludes halogenated alkanes) is 1. The third-order valence-electron chi connectivity index (χ3n) is 9.06. The molecule has 1 saturated heterocycles. The summed E-state index contributed by atoms with van der Waals surface area (Å²) in [7, 11) is 1.31. The number of carbonyl (C=O) groups excluding carboxylic acids is 4. The van der Waals surface area contributed by atoms with Crippen LogP contribution in [0, 0.1) is 5.92 Å². The third-order valence-corrected chi connectivity index (χ3v) is 9.06. The maximum Gasteiger partial charge on any atom is 0.409 e. The van der Waals surface area contributed by atoms with E-state index in [1.54, 1.807) is 37.8 Å². The van der Waals surface area contributed by atoms with Gasteiger partial charge in [0, 0.05) is 24.3 Å². The van der Waals surface area contributed by atoms with Gasteiger partial charge < -0.3 is 24.8 Å². The van der Waals surface area contributed by atoms with E-state index >= 15 is 0 Å². The molecule has 0 spiro atoms. The van der Waals surface area contributed by atoms with Crippen LogP contribution in [-0.2, 0) is 28.6 Å². The van der Waals surface area contributed by atoms with E-state index in [1.807, 2.05) is 24.3 Å². The highest BCUT2D eigenvalue weighted by molar-refractivity contribution is 5.93. The molecule has 2 fully saturated rings. The van der Waals surface area contributed by atoms with Crippen molar-refractivity contribution in [3.63, 3.8) is 0 Å². The molecule has 2 aliphatic heterocycles. The lowest BCUT2D eigenvalue weighted by Gasteiger charge is -2.41.